The van der Waals surface area contributed by atoms with Crippen LogP contribution in [0.15, 0.2) is 47.6 Å². The zero-order valence-corrected chi connectivity index (χ0v) is 9.25. The van der Waals surface area contributed by atoms with Gasteiger partial charge in [0.2, 0.25) is 0 Å². The van der Waals surface area contributed by atoms with Gasteiger partial charge in [-0.2, -0.15) is 0 Å². The van der Waals surface area contributed by atoms with Gasteiger partial charge in [0.15, 0.2) is 0 Å². The molecule has 0 aliphatic heterocycles. The smallest absolute Gasteiger partial charge is 0.106 e. The van der Waals surface area contributed by atoms with E-state index in [0.29, 0.717) is 0 Å². The van der Waals surface area contributed by atoms with Gasteiger partial charge in [0, 0.05) is 0 Å². The van der Waals surface area contributed by atoms with Crippen molar-refractivity contribution in [2.24, 2.45) is 0 Å². The summed E-state index contributed by atoms with van der Waals surface area (Å²) in [5, 5.41) is 0. The molecule has 0 aliphatic carbocycles. The Morgan fingerprint density at radius 1 is 0.833 bits per heavy atom. The summed E-state index contributed by atoms with van der Waals surface area (Å²) in [6.07, 6.45) is 6.32. The summed E-state index contributed by atoms with van der Waals surface area (Å²) >= 11 is 0. The molecular weight excluding hydrogens is 160 g/mol. The van der Waals surface area contributed by atoms with Crippen molar-refractivity contribution in [2.45, 2.75) is 20.8 Å². The second-order valence-electron chi connectivity index (χ2n) is 2.70. The Labute approximate surface area is 77.0 Å². The fourth-order valence-electron chi connectivity index (χ4n) is 1.24. The van der Waals surface area contributed by atoms with Crippen LogP contribution in [0.25, 0.3) is 0 Å². The van der Waals surface area contributed by atoms with E-state index in [0.717, 1.165) is 0 Å². The van der Waals surface area contributed by atoms with Crippen LogP contribution < -0.4 is 0 Å². The molecule has 0 saturated carbocycles. The van der Waals surface area contributed by atoms with Gasteiger partial charge < -0.3 is 0 Å². The van der Waals surface area contributed by atoms with Crippen molar-refractivity contribution in [1.82, 2.24) is 0 Å². The maximum absolute atomic E-state index is 3.90. The first kappa shape index (κ1) is 11.2. The summed E-state index contributed by atoms with van der Waals surface area (Å²) in [4.78, 5) is 0. The Balaban J connectivity index is 4.87. The fraction of sp³-hybridized carbons (Fsp3) is 0.273. The fourth-order valence-corrected chi connectivity index (χ4v) is 3.71. The Morgan fingerprint density at radius 2 is 1.17 bits per heavy atom. The molecule has 0 radical (unpaired) electrons. The van der Waals surface area contributed by atoms with Crippen molar-refractivity contribution < 1.29 is 0 Å². The Bertz CT molecular complexity index is 178. The lowest BCUT2D eigenvalue weighted by Gasteiger charge is -2.14. The summed E-state index contributed by atoms with van der Waals surface area (Å²) in [5.41, 5.74) is 8.87. The molecule has 1 heteroatoms. The predicted octanol–water partition coefficient (Wildman–Crippen LogP) is 3.51. The minimum absolute atomic E-state index is 1.55. The zero-order chi connectivity index (χ0) is 9.45. The van der Waals surface area contributed by atoms with E-state index in [-0.39, 0.29) is 0 Å². The average molecular weight is 178 g/mol. The first-order valence-electron chi connectivity index (χ1n) is 4.29. The van der Waals surface area contributed by atoms with Gasteiger partial charge in [0.05, 0.1) is 0 Å². The molecule has 0 amide bonds. The van der Waals surface area contributed by atoms with Crippen LogP contribution in [0.1, 0.15) is 20.8 Å². The molecule has 0 fully saturated rings. The standard InChI is InChI=1S/C11H18Si/c1-5-9-12(8-4,10-6-2)11-7-3/h5-11H,4H2,1-3H3. The third-order valence-corrected chi connectivity index (χ3v) is 5.16. The maximum atomic E-state index is 3.90. The molecule has 0 heterocycles. The number of allylic oxidation sites excluding steroid dienone is 3. The monoisotopic (exact) mass is 178 g/mol. The lowest BCUT2D eigenvalue weighted by atomic mass is 10.8. The highest BCUT2D eigenvalue weighted by atomic mass is 28.3. The van der Waals surface area contributed by atoms with Gasteiger partial charge >= 0.3 is 0 Å². The zero-order valence-electron chi connectivity index (χ0n) is 8.25. The molecule has 0 atom stereocenters. The molecule has 0 aromatic rings. The summed E-state index contributed by atoms with van der Waals surface area (Å²) in [7, 11) is -1.55. The van der Waals surface area contributed by atoms with E-state index in [1.165, 1.54) is 0 Å². The van der Waals surface area contributed by atoms with E-state index < -0.39 is 8.07 Å². The van der Waals surface area contributed by atoms with Crippen LogP contribution in [0, 0.1) is 0 Å². The summed E-state index contributed by atoms with van der Waals surface area (Å²) in [5.74, 6) is 0. The van der Waals surface area contributed by atoms with E-state index in [2.05, 4.69) is 68.4 Å². The van der Waals surface area contributed by atoms with Gasteiger partial charge in [-0.1, -0.05) is 41.0 Å². The molecule has 0 N–H and O–H groups in total. The summed E-state index contributed by atoms with van der Waals surface area (Å²) in [6.45, 7) is 10.1. The maximum Gasteiger partial charge on any atom is 0.149 e. The molecule has 0 bridgehead atoms. The molecule has 0 aromatic heterocycles. The Hall–Kier alpha value is -0.823. The van der Waals surface area contributed by atoms with E-state index in [9.17, 15) is 0 Å². The van der Waals surface area contributed by atoms with E-state index >= 15 is 0 Å². The number of hydrogen-bond donors (Lipinski definition) is 0. The first-order chi connectivity index (χ1) is 5.74. The molecule has 0 spiro atoms. The van der Waals surface area contributed by atoms with Gasteiger partial charge in [0.1, 0.15) is 8.07 Å². The topological polar surface area (TPSA) is 0 Å². The Kier molecular flexibility index (Phi) is 5.38. The average Bonchev–Trinajstić information content (AvgIpc) is 2.06. The highest BCUT2D eigenvalue weighted by Crippen LogP contribution is 2.10. The van der Waals surface area contributed by atoms with Gasteiger partial charge in [-0.3, -0.25) is 0 Å². The normalized spacial score (nSPS) is 17.6. The predicted molar refractivity (Wildman–Crippen MR) is 60.4 cm³/mol. The van der Waals surface area contributed by atoms with Crippen molar-refractivity contribution >= 4 is 8.07 Å². The van der Waals surface area contributed by atoms with E-state index in [1.54, 1.807) is 0 Å². The minimum Gasteiger partial charge on any atom is -0.106 e. The highest BCUT2D eigenvalue weighted by Gasteiger charge is 2.17. The van der Waals surface area contributed by atoms with Crippen LogP contribution in [-0.4, -0.2) is 8.07 Å². The molecule has 0 nitrogen and oxygen atoms in total. The molecule has 0 saturated heterocycles. The van der Waals surface area contributed by atoms with Crippen molar-refractivity contribution in [2.75, 3.05) is 0 Å². The molecule has 0 aliphatic rings. The molecule has 0 aromatic carbocycles. The second kappa shape index (κ2) is 5.78. The van der Waals surface area contributed by atoms with Gasteiger partial charge in [0.25, 0.3) is 0 Å². The molecule has 12 heavy (non-hydrogen) atoms. The Morgan fingerprint density at radius 3 is 1.33 bits per heavy atom. The quantitative estimate of drug-likeness (QED) is 0.578. The van der Waals surface area contributed by atoms with Crippen molar-refractivity contribution in [1.29, 1.82) is 0 Å². The third kappa shape index (κ3) is 3.05. The molecular formula is C11H18Si. The largest absolute Gasteiger partial charge is 0.149 e. The first-order valence-corrected chi connectivity index (χ1v) is 6.60. The number of rotatable bonds is 4. The lowest BCUT2D eigenvalue weighted by molar-refractivity contribution is 1.71. The van der Waals surface area contributed by atoms with Gasteiger partial charge in [-0.05, 0) is 20.8 Å². The van der Waals surface area contributed by atoms with Crippen molar-refractivity contribution in [3.05, 3.63) is 47.6 Å². The van der Waals surface area contributed by atoms with Crippen LogP contribution in [-0.2, 0) is 0 Å². The minimum atomic E-state index is -1.55. The second-order valence-corrected chi connectivity index (χ2v) is 6.11. The van der Waals surface area contributed by atoms with Crippen molar-refractivity contribution in [3.8, 4) is 0 Å². The summed E-state index contributed by atoms with van der Waals surface area (Å²) < 4.78 is 0. The number of hydrogen-bond acceptors (Lipinski definition) is 0. The third-order valence-electron chi connectivity index (χ3n) is 1.72. The van der Waals surface area contributed by atoms with E-state index in [1.807, 2.05) is 0 Å². The molecule has 0 unspecified atom stereocenters. The van der Waals surface area contributed by atoms with Gasteiger partial charge in [-0.15, -0.1) is 6.58 Å². The molecule has 66 valence electrons. The lowest BCUT2D eigenvalue weighted by Crippen LogP contribution is -2.24. The van der Waals surface area contributed by atoms with Crippen molar-refractivity contribution in [3.63, 3.8) is 0 Å². The van der Waals surface area contributed by atoms with Crippen LogP contribution >= 0.6 is 0 Å². The highest BCUT2D eigenvalue weighted by molar-refractivity contribution is 6.97. The van der Waals surface area contributed by atoms with Crippen LogP contribution in [0.5, 0.6) is 0 Å². The van der Waals surface area contributed by atoms with Gasteiger partial charge in [-0.25, -0.2) is 0 Å². The van der Waals surface area contributed by atoms with Crippen LogP contribution in [0.4, 0.5) is 0 Å². The SMILES string of the molecule is C=C[Si](C=CC)(C=CC)C=CC. The van der Waals surface area contributed by atoms with Crippen LogP contribution in [0.3, 0.4) is 0 Å². The summed E-state index contributed by atoms with van der Waals surface area (Å²) in [6, 6.07) is 0. The van der Waals surface area contributed by atoms with E-state index in [4.69, 9.17) is 0 Å². The van der Waals surface area contributed by atoms with Crippen LogP contribution in [0.2, 0.25) is 0 Å². The molecule has 0 rings (SSSR count).